The second kappa shape index (κ2) is 5.55. The van der Waals surface area contributed by atoms with Gasteiger partial charge in [-0.2, -0.15) is 0 Å². The van der Waals surface area contributed by atoms with Crippen LogP contribution in [0.3, 0.4) is 0 Å². The molecule has 4 atom stereocenters. The minimum Gasteiger partial charge on any atom is -0.393 e. The van der Waals surface area contributed by atoms with E-state index < -0.39 is 0 Å². The minimum absolute atomic E-state index is 0.118. The summed E-state index contributed by atoms with van der Waals surface area (Å²) in [6.45, 7) is 4.09. The Morgan fingerprint density at radius 3 is 2.80 bits per heavy atom. The lowest BCUT2D eigenvalue weighted by Gasteiger charge is -2.23. The molecule has 2 aliphatic rings. The molecule has 110 valence electrons. The second-order valence-corrected chi connectivity index (χ2v) is 6.60. The number of fused-ring (bicyclic) bond motifs is 1. The van der Waals surface area contributed by atoms with Crippen molar-refractivity contribution in [2.75, 3.05) is 25.0 Å². The van der Waals surface area contributed by atoms with Crippen LogP contribution in [-0.2, 0) is 0 Å². The number of nitrogens with zero attached hydrogens (tertiary/aromatic N) is 1. The van der Waals surface area contributed by atoms with E-state index in [1.54, 1.807) is 0 Å². The average Bonchev–Trinajstić information content (AvgIpc) is 3.00. The standard InChI is InChI=1S/C16H23ClN2O/c1-10(18-2)11-3-5-15(14(17)7-11)19-8-12-4-6-16(20)13(12)9-19/h3,5,7,10,12-13,16,18,20H,4,6,8-9H2,1-2H3. The first kappa shape index (κ1) is 14.2. The smallest absolute Gasteiger partial charge is 0.0642 e. The second-order valence-electron chi connectivity index (χ2n) is 6.19. The van der Waals surface area contributed by atoms with Gasteiger partial charge >= 0.3 is 0 Å². The van der Waals surface area contributed by atoms with Gasteiger partial charge in [-0.3, -0.25) is 0 Å². The van der Waals surface area contributed by atoms with Gasteiger partial charge in [-0.15, -0.1) is 0 Å². The van der Waals surface area contributed by atoms with E-state index in [0.29, 0.717) is 17.9 Å². The SMILES string of the molecule is CNC(C)c1ccc(N2CC3CCC(O)C3C2)c(Cl)c1. The molecule has 20 heavy (non-hydrogen) atoms. The van der Waals surface area contributed by atoms with Gasteiger partial charge in [0.1, 0.15) is 0 Å². The van der Waals surface area contributed by atoms with Crippen LogP contribution in [0, 0.1) is 11.8 Å². The van der Waals surface area contributed by atoms with Gasteiger partial charge in [0.2, 0.25) is 0 Å². The van der Waals surface area contributed by atoms with Gasteiger partial charge < -0.3 is 15.3 Å². The molecule has 4 unspecified atom stereocenters. The van der Waals surface area contributed by atoms with E-state index in [-0.39, 0.29) is 6.10 Å². The Kier molecular flexibility index (Phi) is 3.93. The van der Waals surface area contributed by atoms with E-state index in [0.717, 1.165) is 36.6 Å². The summed E-state index contributed by atoms with van der Waals surface area (Å²) < 4.78 is 0. The highest BCUT2D eigenvalue weighted by atomic mass is 35.5. The Hall–Kier alpha value is -0.770. The molecule has 0 bridgehead atoms. The third-order valence-corrected chi connectivity index (χ3v) is 5.37. The summed E-state index contributed by atoms with van der Waals surface area (Å²) in [5.74, 6) is 1.07. The lowest BCUT2D eigenvalue weighted by atomic mass is 10.00. The first-order valence-electron chi connectivity index (χ1n) is 7.50. The maximum atomic E-state index is 10.0. The Bertz CT molecular complexity index is 493. The number of halogens is 1. The highest BCUT2D eigenvalue weighted by Crippen LogP contribution is 2.41. The van der Waals surface area contributed by atoms with Crippen molar-refractivity contribution in [3.63, 3.8) is 0 Å². The third-order valence-electron chi connectivity index (χ3n) is 5.06. The van der Waals surface area contributed by atoms with Gasteiger partial charge in [-0.05, 0) is 50.4 Å². The van der Waals surface area contributed by atoms with Crippen molar-refractivity contribution in [1.29, 1.82) is 0 Å². The van der Waals surface area contributed by atoms with Crippen molar-refractivity contribution in [2.24, 2.45) is 11.8 Å². The minimum atomic E-state index is -0.118. The molecule has 1 aliphatic carbocycles. The van der Waals surface area contributed by atoms with Crippen LogP contribution >= 0.6 is 11.6 Å². The van der Waals surface area contributed by atoms with Crippen LogP contribution in [0.5, 0.6) is 0 Å². The van der Waals surface area contributed by atoms with E-state index in [1.165, 1.54) is 5.56 Å². The fourth-order valence-corrected chi connectivity index (χ4v) is 3.96. The molecule has 3 nitrogen and oxygen atoms in total. The molecule has 3 rings (SSSR count). The van der Waals surface area contributed by atoms with Gasteiger partial charge in [-0.25, -0.2) is 0 Å². The fourth-order valence-electron chi connectivity index (χ4n) is 3.65. The Morgan fingerprint density at radius 1 is 1.35 bits per heavy atom. The Balaban J connectivity index is 1.78. The summed E-state index contributed by atoms with van der Waals surface area (Å²) in [6, 6.07) is 6.63. The monoisotopic (exact) mass is 294 g/mol. The van der Waals surface area contributed by atoms with Crippen LogP contribution in [0.15, 0.2) is 18.2 Å². The molecular formula is C16H23ClN2O. The van der Waals surface area contributed by atoms with Crippen molar-refractivity contribution in [3.05, 3.63) is 28.8 Å². The normalized spacial score (nSPS) is 30.6. The number of hydrogen-bond donors (Lipinski definition) is 2. The van der Waals surface area contributed by atoms with Gasteiger partial charge in [-0.1, -0.05) is 17.7 Å². The summed E-state index contributed by atoms with van der Waals surface area (Å²) in [5, 5.41) is 14.1. The van der Waals surface area contributed by atoms with Crippen LogP contribution in [-0.4, -0.2) is 31.3 Å². The number of benzene rings is 1. The molecule has 1 saturated carbocycles. The number of aliphatic hydroxyl groups is 1. The fraction of sp³-hybridized carbons (Fsp3) is 0.625. The Morgan fingerprint density at radius 2 is 2.15 bits per heavy atom. The van der Waals surface area contributed by atoms with Crippen LogP contribution in [0.2, 0.25) is 5.02 Å². The number of nitrogens with one attached hydrogen (secondary N) is 1. The number of rotatable bonds is 3. The molecule has 2 fully saturated rings. The summed E-state index contributed by atoms with van der Waals surface area (Å²) >= 11 is 6.47. The van der Waals surface area contributed by atoms with Gasteiger partial charge in [0.15, 0.2) is 0 Å². The highest BCUT2D eigenvalue weighted by Gasteiger charge is 2.42. The maximum Gasteiger partial charge on any atom is 0.0642 e. The molecule has 1 saturated heterocycles. The molecule has 0 radical (unpaired) electrons. The number of anilines is 1. The predicted molar refractivity (Wildman–Crippen MR) is 83.4 cm³/mol. The molecule has 1 aliphatic heterocycles. The van der Waals surface area contributed by atoms with Gasteiger partial charge in [0.05, 0.1) is 16.8 Å². The molecule has 0 spiro atoms. The lowest BCUT2D eigenvalue weighted by Crippen LogP contribution is -2.24. The lowest BCUT2D eigenvalue weighted by molar-refractivity contribution is 0.133. The van der Waals surface area contributed by atoms with E-state index in [2.05, 4.69) is 35.3 Å². The molecule has 0 aromatic heterocycles. The highest BCUT2D eigenvalue weighted by molar-refractivity contribution is 6.33. The van der Waals surface area contributed by atoms with Crippen LogP contribution in [0.1, 0.15) is 31.4 Å². The summed E-state index contributed by atoms with van der Waals surface area (Å²) in [6.07, 6.45) is 2.00. The van der Waals surface area contributed by atoms with Crippen molar-refractivity contribution in [3.8, 4) is 0 Å². The predicted octanol–water partition coefficient (Wildman–Crippen LogP) is 2.83. The molecule has 1 heterocycles. The van der Waals surface area contributed by atoms with Crippen LogP contribution < -0.4 is 10.2 Å². The summed E-state index contributed by atoms with van der Waals surface area (Å²) in [5.41, 5.74) is 2.32. The number of aliphatic hydroxyl groups excluding tert-OH is 1. The van der Waals surface area contributed by atoms with E-state index in [1.807, 2.05) is 7.05 Å². The first-order chi connectivity index (χ1) is 9.60. The van der Waals surface area contributed by atoms with Crippen molar-refractivity contribution in [2.45, 2.75) is 31.9 Å². The molecule has 2 N–H and O–H groups in total. The molecule has 1 aromatic rings. The first-order valence-corrected chi connectivity index (χ1v) is 7.87. The topological polar surface area (TPSA) is 35.5 Å². The zero-order valence-electron chi connectivity index (χ0n) is 12.1. The van der Waals surface area contributed by atoms with E-state index >= 15 is 0 Å². The van der Waals surface area contributed by atoms with E-state index in [4.69, 9.17) is 11.6 Å². The zero-order valence-corrected chi connectivity index (χ0v) is 12.9. The van der Waals surface area contributed by atoms with Crippen molar-refractivity contribution >= 4 is 17.3 Å². The molecular weight excluding hydrogens is 272 g/mol. The quantitative estimate of drug-likeness (QED) is 0.900. The molecule has 0 amide bonds. The zero-order chi connectivity index (χ0) is 14.3. The summed E-state index contributed by atoms with van der Waals surface area (Å²) in [4.78, 5) is 2.34. The number of hydrogen-bond acceptors (Lipinski definition) is 3. The molecule has 1 aromatic carbocycles. The summed E-state index contributed by atoms with van der Waals surface area (Å²) in [7, 11) is 1.95. The van der Waals surface area contributed by atoms with Crippen molar-refractivity contribution in [1.82, 2.24) is 5.32 Å². The van der Waals surface area contributed by atoms with E-state index in [9.17, 15) is 5.11 Å². The van der Waals surface area contributed by atoms with Gasteiger partial charge in [0.25, 0.3) is 0 Å². The maximum absolute atomic E-state index is 10.0. The molecule has 4 heteroatoms. The van der Waals surface area contributed by atoms with Gasteiger partial charge in [0, 0.05) is 25.0 Å². The van der Waals surface area contributed by atoms with Crippen molar-refractivity contribution < 1.29 is 5.11 Å². The van der Waals surface area contributed by atoms with Crippen LogP contribution in [0.4, 0.5) is 5.69 Å². The third kappa shape index (κ3) is 2.43. The average molecular weight is 295 g/mol. The van der Waals surface area contributed by atoms with Crippen LogP contribution in [0.25, 0.3) is 0 Å². The largest absolute Gasteiger partial charge is 0.393 e. The Labute approximate surface area is 125 Å².